The maximum Gasteiger partial charge on any atom is 0.241 e. The summed E-state index contributed by atoms with van der Waals surface area (Å²) in [6.07, 6.45) is 1.05. The number of ether oxygens (including phenoxy) is 1. The molecule has 8 heteroatoms. The number of anilines is 1. The van der Waals surface area contributed by atoms with Crippen molar-refractivity contribution in [3.05, 3.63) is 54.4 Å². The van der Waals surface area contributed by atoms with E-state index in [2.05, 4.69) is 31.0 Å². The van der Waals surface area contributed by atoms with E-state index in [1.165, 1.54) is 0 Å². The number of aromatic nitrogens is 4. The number of para-hydroxylation sites is 2. The number of rotatable bonds is 5. The van der Waals surface area contributed by atoms with Crippen LogP contribution >= 0.6 is 0 Å². The third-order valence-corrected chi connectivity index (χ3v) is 5.42. The second-order valence-corrected chi connectivity index (χ2v) is 7.44. The average molecular weight is 404 g/mol. The van der Waals surface area contributed by atoms with Gasteiger partial charge in [0.25, 0.3) is 0 Å². The molecule has 1 fully saturated rings. The van der Waals surface area contributed by atoms with E-state index in [1.54, 1.807) is 7.11 Å². The number of hydrogen-bond acceptors (Lipinski definition) is 7. The standard InChI is InChI=1S/C22H24N6O2/c1-29-17-7-4-6-16(14-17)21-25-20(30-26-21)15-27-10-5-11-28(13-12-27)22-23-18-8-2-3-9-19(18)24-22/h2-4,6-9,14H,5,10-13,15H2,1H3,(H,23,24). The molecule has 0 atom stereocenters. The van der Waals surface area contributed by atoms with E-state index in [9.17, 15) is 0 Å². The van der Waals surface area contributed by atoms with Crippen LogP contribution in [0.4, 0.5) is 5.95 Å². The molecule has 1 aliphatic rings. The monoisotopic (exact) mass is 404 g/mol. The van der Waals surface area contributed by atoms with Crippen molar-refractivity contribution < 1.29 is 9.26 Å². The lowest BCUT2D eigenvalue weighted by Crippen LogP contribution is -2.31. The first-order valence-corrected chi connectivity index (χ1v) is 10.2. The molecule has 154 valence electrons. The second-order valence-electron chi connectivity index (χ2n) is 7.44. The van der Waals surface area contributed by atoms with Crippen molar-refractivity contribution >= 4 is 17.0 Å². The number of benzene rings is 2. The van der Waals surface area contributed by atoms with E-state index in [0.29, 0.717) is 18.3 Å². The van der Waals surface area contributed by atoms with Crippen molar-refractivity contribution in [3.8, 4) is 17.1 Å². The molecule has 8 nitrogen and oxygen atoms in total. The predicted molar refractivity (Wildman–Crippen MR) is 114 cm³/mol. The largest absolute Gasteiger partial charge is 0.497 e. The second kappa shape index (κ2) is 8.16. The fourth-order valence-corrected chi connectivity index (χ4v) is 3.82. The fourth-order valence-electron chi connectivity index (χ4n) is 3.82. The van der Waals surface area contributed by atoms with Gasteiger partial charge in [0.05, 0.1) is 24.7 Å². The normalized spacial score (nSPS) is 15.4. The number of H-pyrrole nitrogens is 1. The van der Waals surface area contributed by atoms with Crippen molar-refractivity contribution in [2.45, 2.75) is 13.0 Å². The van der Waals surface area contributed by atoms with Gasteiger partial charge in [-0.2, -0.15) is 4.98 Å². The van der Waals surface area contributed by atoms with Crippen molar-refractivity contribution in [3.63, 3.8) is 0 Å². The van der Waals surface area contributed by atoms with Crippen LogP contribution < -0.4 is 9.64 Å². The quantitative estimate of drug-likeness (QED) is 0.546. The van der Waals surface area contributed by atoms with E-state index in [1.807, 2.05) is 42.5 Å². The van der Waals surface area contributed by atoms with Crippen molar-refractivity contribution in [1.29, 1.82) is 0 Å². The number of fused-ring (bicyclic) bond motifs is 1. The minimum absolute atomic E-state index is 0.586. The van der Waals surface area contributed by atoms with Crippen LogP contribution in [0.2, 0.25) is 0 Å². The summed E-state index contributed by atoms with van der Waals surface area (Å²) in [6, 6.07) is 15.8. The Labute approximate surface area is 174 Å². The minimum atomic E-state index is 0.586. The fraction of sp³-hybridized carbons (Fsp3) is 0.318. The number of nitrogens with zero attached hydrogens (tertiary/aromatic N) is 5. The highest BCUT2D eigenvalue weighted by molar-refractivity contribution is 5.77. The van der Waals surface area contributed by atoms with E-state index in [-0.39, 0.29) is 0 Å². The van der Waals surface area contributed by atoms with Gasteiger partial charge in [0.2, 0.25) is 17.7 Å². The van der Waals surface area contributed by atoms with E-state index < -0.39 is 0 Å². The van der Waals surface area contributed by atoms with Gasteiger partial charge in [0.15, 0.2) is 0 Å². The highest BCUT2D eigenvalue weighted by Gasteiger charge is 2.20. The summed E-state index contributed by atoms with van der Waals surface area (Å²) >= 11 is 0. The topological polar surface area (TPSA) is 83.3 Å². The Bertz CT molecular complexity index is 1100. The zero-order valence-corrected chi connectivity index (χ0v) is 16.9. The Kier molecular flexibility index (Phi) is 5.06. The van der Waals surface area contributed by atoms with Gasteiger partial charge in [-0.05, 0) is 30.7 Å². The summed E-state index contributed by atoms with van der Waals surface area (Å²) in [7, 11) is 1.65. The lowest BCUT2D eigenvalue weighted by molar-refractivity contribution is 0.239. The number of imidazole rings is 1. The first-order chi connectivity index (χ1) is 14.8. The lowest BCUT2D eigenvalue weighted by atomic mass is 10.2. The van der Waals surface area contributed by atoms with Crippen molar-refractivity contribution in [2.24, 2.45) is 0 Å². The van der Waals surface area contributed by atoms with Crippen LogP contribution in [0.3, 0.4) is 0 Å². The number of nitrogens with one attached hydrogen (secondary N) is 1. The molecule has 0 bridgehead atoms. The summed E-state index contributed by atoms with van der Waals surface area (Å²) in [5.74, 6) is 2.93. The molecule has 0 unspecified atom stereocenters. The van der Waals surface area contributed by atoms with Crippen molar-refractivity contribution in [2.75, 3.05) is 38.2 Å². The minimum Gasteiger partial charge on any atom is -0.497 e. The Hall–Kier alpha value is -3.39. The Morgan fingerprint density at radius 2 is 1.97 bits per heavy atom. The Morgan fingerprint density at radius 1 is 1.03 bits per heavy atom. The van der Waals surface area contributed by atoms with E-state index in [0.717, 1.165) is 60.9 Å². The zero-order chi connectivity index (χ0) is 20.3. The van der Waals surface area contributed by atoms with Crippen LogP contribution in [0.15, 0.2) is 53.1 Å². The van der Waals surface area contributed by atoms with Gasteiger partial charge in [0.1, 0.15) is 5.75 Å². The molecule has 30 heavy (non-hydrogen) atoms. The van der Waals surface area contributed by atoms with Crippen LogP contribution in [0, 0.1) is 0 Å². The zero-order valence-electron chi connectivity index (χ0n) is 16.9. The first kappa shape index (κ1) is 18.6. The molecule has 1 aliphatic heterocycles. The van der Waals surface area contributed by atoms with Crippen LogP contribution in [-0.4, -0.2) is 58.3 Å². The molecule has 2 aromatic heterocycles. The molecule has 0 aliphatic carbocycles. The third kappa shape index (κ3) is 3.86. The lowest BCUT2D eigenvalue weighted by Gasteiger charge is -2.20. The Balaban J connectivity index is 1.24. The van der Waals surface area contributed by atoms with Crippen LogP contribution in [0.25, 0.3) is 22.4 Å². The van der Waals surface area contributed by atoms with Gasteiger partial charge >= 0.3 is 0 Å². The summed E-state index contributed by atoms with van der Waals surface area (Å²) in [4.78, 5) is 17.4. The summed E-state index contributed by atoms with van der Waals surface area (Å²) in [5.41, 5.74) is 2.96. The molecular weight excluding hydrogens is 380 g/mol. The van der Waals surface area contributed by atoms with Gasteiger partial charge in [-0.25, -0.2) is 4.98 Å². The molecule has 4 aromatic rings. The Morgan fingerprint density at radius 3 is 2.87 bits per heavy atom. The van der Waals surface area contributed by atoms with Gasteiger partial charge in [-0.3, -0.25) is 4.90 Å². The smallest absolute Gasteiger partial charge is 0.241 e. The molecule has 0 radical (unpaired) electrons. The SMILES string of the molecule is COc1cccc(-c2noc(CN3CCCN(c4nc5ccccc5[nH]4)CC3)n2)c1. The van der Waals surface area contributed by atoms with Gasteiger partial charge in [-0.15, -0.1) is 0 Å². The predicted octanol–water partition coefficient (Wildman–Crippen LogP) is 3.33. The highest BCUT2D eigenvalue weighted by atomic mass is 16.5. The molecule has 3 heterocycles. The molecule has 2 aromatic carbocycles. The molecule has 1 N–H and O–H groups in total. The first-order valence-electron chi connectivity index (χ1n) is 10.2. The van der Waals surface area contributed by atoms with Gasteiger partial charge in [0, 0.05) is 31.7 Å². The molecule has 0 amide bonds. The highest BCUT2D eigenvalue weighted by Crippen LogP contribution is 2.22. The number of aromatic amines is 1. The summed E-state index contributed by atoms with van der Waals surface area (Å²) in [6.45, 7) is 4.40. The third-order valence-electron chi connectivity index (χ3n) is 5.42. The summed E-state index contributed by atoms with van der Waals surface area (Å²) < 4.78 is 10.8. The molecule has 1 saturated heterocycles. The van der Waals surface area contributed by atoms with E-state index in [4.69, 9.17) is 14.2 Å². The van der Waals surface area contributed by atoms with Gasteiger partial charge in [-0.1, -0.05) is 29.4 Å². The van der Waals surface area contributed by atoms with Crippen LogP contribution in [0.1, 0.15) is 12.3 Å². The number of hydrogen-bond donors (Lipinski definition) is 1. The van der Waals surface area contributed by atoms with Crippen LogP contribution in [-0.2, 0) is 6.54 Å². The van der Waals surface area contributed by atoms with Crippen molar-refractivity contribution in [1.82, 2.24) is 25.0 Å². The maximum absolute atomic E-state index is 5.51. The summed E-state index contributed by atoms with van der Waals surface area (Å²) in [5, 5.41) is 4.14. The molecule has 0 spiro atoms. The van der Waals surface area contributed by atoms with E-state index >= 15 is 0 Å². The average Bonchev–Trinajstić information content (AvgIpc) is 3.36. The van der Waals surface area contributed by atoms with Crippen LogP contribution in [0.5, 0.6) is 5.75 Å². The molecular formula is C22H24N6O2. The number of methoxy groups -OCH3 is 1. The molecule has 0 saturated carbocycles. The maximum atomic E-state index is 5.51. The van der Waals surface area contributed by atoms with Gasteiger partial charge < -0.3 is 19.1 Å². The molecule has 5 rings (SSSR count).